The Morgan fingerprint density at radius 3 is 2.50 bits per heavy atom. The van der Waals surface area contributed by atoms with E-state index < -0.39 is 0 Å². The van der Waals surface area contributed by atoms with Gasteiger partial charge in [0.2, 0.25) is 0 Å². The summed E-state index contributed by atoms with van der Waals surface area (Å²) in [5.41, 5.74) is 1.23. The summed E-state index contributed by atoms with van der Waals surface area (Å²) in [6, 6.07) is 11.5. The molecule has 2 N–H and O–H groups in total. The maximum Gasteiger partial charge on any atom is 0.191 e. The second-order valence-corrected chi connectivity index (χ2v) is 7.32. The maximum absolute atomic E-state index is 5.92. The first kappa shape index (κ1) is 20.7. The Hall–Kier alpha value is -1.59. The van der Waals surface area contributed by atoms with E-state index in [1.54, 1.807) is 0 Å². The average Bonchev–Trinajstić information content (AvgIpc) is 2.67. The molecule has 2 rings (SSSR count). The zero-order chi connectivity index (χ0) is 18.8. The van der Waals surface area contributed by atoms with Gasteiger partial charge in [-0.25, -0.2) is 0 Å². The molecule has 1 fully saturated rings. The molecule has 1 aliphatic heterocycles. The number of nitrogens with zero attached hydrogens (tertiary/aromatic N) is 2. The minimum absolute atomic E-state index is 0.139. The molecule has 0 amide bonds. The normalized spacial score (nSPS) is 18.1. The Kier molecular flexibility index (Phi) is 8.92. The third-order valence-corrected chi connectivity index (χ3v) is 5.07. The van der Waals surface area contributed by atoms with Crippen molar-refractivity contribution in [3.63, 3.8) is 0 Å². The van der Waals surface area contributed by atoms with Crippen LogP contribution < -0.4 is 10.6 Å². The lowest BCUT2D eigenvalue weighted by Crippen LogP contribution is -2.50. The van der Waals surface area contributed by atoms with Gasteiger partial charge in [-0.15, -0.1) is 0 Å². The molecule has 1 unspecified atom stereocenters. The van der Waals surface area contributed by atoms with Crippen LogP contribution in [0.25, 0.3) is 0 Å². The van der Waals surface area contributed by atoms with Gasteiger partial charge in [-0.05, 0) is 45.6 Å². The van der Waals surface area contributed by atoms with Gasteiger partial charge in [0.1, 0.15) is 0 Å². The van der Waals surface area contributed by atoms with Gasteiger partial charge in [0, 0.05) is 45.4 Å². The Morgan fingerprint density at radius 1 is 1.19 bits per heavy atom. The lowest BCUT2D eigenvalue weighted by molar-refractivity contribution is 0.0646. The lowest BCUT2D eigenvalue weighted by atomic mass is 10.0. The minimum atomic E-state index is 0.139. The summed E-state index contributed by atoms with van der Waals surface area (Å²) >= 11 is 0. The number of aliphatic imine (C=N–C) groups is 1. The van der Waals surface area contributed by atoms with E-state index in [9.17, 15) is 0 Å². The molecule has 1 aromatic rings. The van der Waals surface area contributed by atoms with E-state index in [1.807, 2.05) is 13.1 Å². The second kappa shape index (κ2) is 11.2. The predicted octanol–water partition coefficient (Wildman–Crippen LogP) is 3.19. The van der Waals surface area contributed by atoms with Crippen molar-refractivity contribution >= 4 is 5.96 Å². The average molecular weight is 361 g/mol. The highest BCUT2D eigenvalue weighted by Gasteiger charge is 2.21. The molecule has 1 atom stereocenters. The van der Waals surface area contributed by atoms with Crippen LogP contribution in [0.4, 0.5) is 0 Å². The number of benzene rings is 1. The maximum atomic E-state index is 5.92. The first-order valence-electron chi connectivity index (χ1n) is 9.98. The molecule has 0 spiro atoms. The Morgan fingerprint density at radius 2 is 1.88 bits per heavy atom. The molecule has 26 heavy (non-hydrogen) atoms. The molecule has 146 valence electrons. The molecule has 5 heteroatoms. The molecule has 0 saturated carbocycles. The van der Waals surface area contributed by atoms with Crippen LogP contribution in [0.15, 0.2) is 35.3 Å². The molecule has 0 aromatic heterocycles. The SMILES string of the molecule is CN=C(NCCCOC(C)c1ccccc1)NC1CCN(C(C)C)CC1. The summed E-state index contributed by atoms with van der Waals surface area (Å²) in [5.74, 6) is 0.907. The molecule has 1 aromatic carbocycles. The first-order valence-corrected chi connectivity index (χ1v) is 9.98. The van der Waals surface area contributed by atoms with Crippen molar-refractivity contribution in [2.75, 3.05) is 33.3 Å². The Bertz CT molecular complexity index is 524. The number of hydrogen-bond acceptors (Lipinski definition) is 3. The minimum Gasteiger partial charge on any atom is -0.374 e. The first-order chi connectivity index (χ1) is 12.6. The molecule has 0 bridgehead atoms. The Balaban J connectivity index is 1.59. The zero-order valence-electron chi connectivity index (χ0n) is 16.9. The molecule has 0 aliphatic carbocycles. The summed E-state index contributed by atoms with van der Waals surface area (Å²) in [6.07, 6.45) is 3.45. The van der Waals surface area contributed by atoms with Gasteiger partial charge >= 0.3 is 0 Å². The van der Waals surface area contributed by atoms with Gasteiger partial charge in [-0.1, -0.05) is 30.3 Å². The van der Waals surface area contributed by atoms with E-state index in [0.717, 1.165) is 38.6 Å². The fourth-order valence-electron chi connectivity index (χ4n) is 3.31. The van der Waals surface area contributed by atoms with Gasteiger partial charge in [-0.3, -0.25) is 4.99 Å². The lowest BCUT2D eigenvalue weighted by Gasteiger charge is -2.35. The van der Waals surface area contributed by atoms with Gasteiger partial charge in [-0.2, -0.15) is 0 Å². The summed E-state index contributed by atoms with van der Waals surface area (Å²) in [5, 5.41) is 6.97. The smallest absolute Gasteiger partial charge is 0.191 e. The van der Waals surface area contributed by atoms with Crippen molar-refractivity contribution in [1.82, 2.24) is 15.5 Å². The van der Waals surface area contributed by atoms with Crippen molar-refractivity contribution in [1.29, 1.82) is 0 Å². The van der Waals surface area contributed by atoms with Crippen LogP contribution in [0.3, 0.4) is 0 Å². The van der Waals surface area contributed by atoms with Gasteiger partial charge in [0.15, 0.2) is 5.96 Å². The summed E-state index contributed by atoms with van der Waals surface area (Å²) in [4.78, 5) is 6.90. The van der Waals surface area contributed by atoms with Crippen LogP contribution in [-0.4, -0.2) is 56.2 Å². The highest BCUT2D eigenvalue weighted by atomic mass is 16.5. The number of likely N-dealkylation sites (tertiary alicyclic amines) is 1. The van der Waals surface area contributed by atoms with Gasteiger partial charge in [0.25, 0.3) is 0 Å². The highest BCUT2D eigenvalue weighted by Crippen LogP contribution is 2.16. The van der Waals surface area contributed by atoms with Crippen molar-refractivity contribution in [2.45, 2.75) is 58.2 Å². The molecular formula is C21H36N4O. The number of rotatable bonds is 8. The van der Waals surface area contributed by atoms with Crippen LogP contribution in [0, 0.1) is 0 Å². The summed E-state index contributed by atoms with van der Waals surface area (Å²) in [6.45, 7) is 10.6. The van der Waals surface area contributed by atoms with Crippen molar-refractivity contribution in [3.8, 4) is 0 Å². The number of guanidine groups is 1. The molecule has 0 radical (unpaired) electrons. The molecule has 1 saturated heterocycles. The van der Waals surface area contributed by atoms with Crippen LogP contribution in [0.5, 0.6) is 0 Å². The van der Waals surface area contributed by atoms with Crippen LogP contribution >= 0.6 is 0 Å². The fourth-order valence-corrected chi connectivity index (χ4v) is 3.31. The van der Waals surface area contributed by atoms with E-state index in [-0.39, 0.29) is 6.10 Å². The Labute approximate surface area is 159 Å². The highest BCUT2D eigenvalue weighted by molar-refractivity contribution is 5.79. The quantitative estimate of drug-likeness (QED) is 0.425. The number of nitrogens with one attached hydrogen (secondary N) is 2. The van der Waals surface area contributed by atoms with E-state index in [2.05, 4.69) is 65.6 Å². The molecule has 1 heterocycles. The van der Waals surface area contributed by atoms with Crippen molar-refractivity contribution in [3.05, 3.63) is 35.9 Å². The molecule has 5 nitrogen and oxygen atoms in total. The van der Waals surface area contributed by atoms with E-state index in [0.29, 0.717) is 12.1 Å². The van der Waals surface area contributed by atoms with E-state index in [1.165, 1.54) is 18.4 Å². The topological polar surface area (TPSA) is 48.9 Å². The van der Waals surface area contributed by atoms with Crippen molar-refractivity contribution < 1.29 is 4.74 Å². The van der Waals surface area contributed by atoms with E-state index in [4.69, 9.17) is 4.74 Å². The van der Waals surface area contributed by atoms with E-state index >= 15 is 0 Å². The molecular weight excluding hydrogens is 324 g/mol. The van der Waals surface area contributed by atoms with Crippen LogP contribution in [-0.2, 0) is 4.74 Å². The summed E-state index contributed by atoms with van der Waals surface area (Å²) in [7, 11) is 1.84. The zero-order valence-corrected chi connectivity index (χ0v) is 16.9. The summed E-state index contributed by atoms with van der Waals surface area (Å²) < 4.78 is 5.92. The van der Waals surface area contributed by atoms with Gasteiger partial charge < -0.3 is 20.3 Å². The van der Waals surface area contributed by atoms with Crippen LogP contribution in [0.2, 0.25) is 0 Å². The number of ether oxygens (including phenoxy) is 1. The molecule has 1 aliphatic rings. The third kappa shape index (κ3) is 6.96. The predicted molar refractivity (Wildman–Crippen MR) is 110 cm³/mol. The number of piperidine rings is 1. The largest absolute Gasteiger partial charge is 0.374 e. The third-order valence-electron chi connectivity index (χ3n) is 5.07. The van der Waals surface area contributed by atoms with Crippen molar-refractivity contribution in [2.24, 2.45) is 4.99 Å². The second-order valence-electron chi connectivity index (χ2n) is 7.32. The number of hydrogen-bond donors (Lipinski definition) is 2. The fraction of sp³-hybridized carbons (Fsp3) is 0.667. The standard InChI is InChI=1S/C21H36N4O/c1-17(2)25-14-11-20(12-15-25)24-21(22-4)23-13-8-16-26-18(3)19-9-6-5-7-10-19/h5-7,9-10,17-18,20H,8,11-16H2,1-4H3,(H2,22,23,24). The van der Waals surface area contributed by atoms with Crippen LogP contribution in [0.1, 0.15) is 51.7 Å². The van der Waals surface area contributed by atoms with Gasteiger partial charge in [0.05, 0.1) is 6.10 Å². The monoisotopic (exact) mass is 360 g/mol.